The van der Waals surface area contributed by atoms with Gasteiger partial charge in [-0.1, -0.05) is 28.1 Å². The predicted octanol–water partition coefficient (Wildman–Crippen LogP) is 2.08. The fraction of sp³-hybridized carbons (Fsp3) is 0.467. The molecule has 1 aliphatic heterocycles. The van der Waals surface area contributed by atoms with Gasteiger partial charge in [-0.2, -0.15) is 0 Å². The van der Waals surface area contributed by atoms with Crippen molar-refractivity contribution in [2.45, 2.75) is 38.6 Å². The summed E-state index contributed by atoms with van der Waals surface area (Å²) in [4.78, 5) is 22.9. The minimum absolute atomic E-state index is 0.0479. The summed E-state index contributed by atoms with van der Waals surface area (Å²) in [6.07, 6.45) is 2.44. The van der Waals surface area contributed by atoms with Crippen LogP contribution in [-0.2, 0) is 16.0 Å². The average molecular weight is 339 g/mol. The van der Waals surface area contributed by atoms with Gasteiger partial charge in [0.15, 0.2) is 0 Å². The minimum Gasteiger partial charge on any atom is -0.354 e. The highest BCUT2D eigenvalue weighted by Crippen LogP contribution is 2.17. The van der Waals surface area contributed by atoms with E-state index in [0.717, 1.165) is 22.9 Å². The molecule has 1 heterocycles. The molecule has 0 aliphatic carbocycles. The van der Waals surface area contributed by atoms with Gasteiger partial charge < -0.3 is 10.6 Å². The molecule has 2 rings (SSSR count). The number of benzene rings is 1. The van der Waals surface area contributed by atoms with Gasteiger partial charge in [0.1, 0.15) is 0 Å². The number of aryl methyl sites for hydroxylation is 2. The van der Waals surface area contributed by atoms with E-state index in [2.05, 4.69) is 32.6 Å². The first kappa shape index (κ1) is 15.0. The highest BCUT2D eigenvalue weighted by atomic mass is 79.9. The van der Waals surface area contributed by atoms with Gasteiger partial charge in [0, 0.05) is 29.9 Å². The third-order valence-electron chi connectivity index (χ3n) is 3.49. The maximum absolute atomic E-state index is 11.9. The van der Waals surface area contributed by atoms with E-state index < -0.39 is 0 Å². The molecule has 2 N–H and O–H groups in total. The van der Waals surface area contributed by atoms with Crippen LogP contribution in [0.15, 0.2) is 22.7 Å². The Morgan fingerprint density at radius 2 is 2.30 bits per heavy atom. The first-order valence-electron chi connectivity index (χ1n) is 6.85. The molecule has 0 aromatic heterocycles. The van der Waals surface area contributed by atoms with Gasteiger partial charge in [-0.3, -0.25) is 9.59 Å². The first-order chi connectivity index (χ1) is 9.54. The van der Waals surface area contributed by atoms with E-state index in [1.54, 1.807) is 0 Å². The van der Waals surface area contributed by atoms with Crippen molar-refractivity contribution in [1.82, 2.24) is 10.6 Å². The number of nitrogens with one attached hydrogen (secondary N) is 2. The van der Waals surface area contributed by atoms with Gasteiger partial charge in [-0.15, -0.1) is 0 Å². The molecule has 20 heavy (non-hydrogen) atoms. The smallest absolute Gasteiger partial charge is 0.220 e. The zero-order valence-corrected chi connectivity index (χ0v) is 13.1. The van der Waals surface area contributed by atoms with Crippen molar-refractivity contribution in [3.05, 3.63) is 33.8 Å². The van der Waals surface area contributed by atoms with Crippen molar-refractivity contribution in [3.63, 3.8) is 0 Å². The van der Waals surface area contributed by atoms with E-state index >= 15 is 0 Å². The summed E-state index contributed by atoms with van der Waals surface area (Å²) < 4.78 is 1.09. The Labute approximate surface area is 127 Å². The van der Waals surface area contributed by atoms with Crippen molar-refractivity contribution in [2.24, 2.45) is 0 Å². The number of hydrogen-bond acceptors (Lipinski definition) is 2. The van der Waals surface area contributed by atoms with E-state index in [9.17, 15) is 9.59 Å². The summed E-state index contributed by atoms with van der Waals surface area (Å²) in [5.41, 5.74) is 2.34. The van der Waals surface area contributed by atoms with Crippen LogP contribution in [0.5, 0.6) is 0 Å². The van der Waals surface area contributed by atoms with Gasteiger partial charge in [-0.05, 0) is 37.0 Å². The lowest BCUT2D eigenvalue weighted by Crippen LogP contribution is -2.47. The minimum atomic E-state index is 0.0479. The average Bonchev–Trinajstić information content (AvgIpc) is 2.43. The Morgan fingerprint density at radius 1 is 1.50 bits per heavy atom. The van der Waals surface area contributed by atoms with Crippen molar-refractivity contribution < 1.29 is 9.59 Å². The fourth-order valence-corrected chi connectivity index (χ4v) is 2.52. The fourth-order valence-electron chi connectivity index (χ4n) is 2.28. The molecular weight excluding hydrogens is 320 g/mol. The van der Waals surface area contributed by atoms with Gasteiger partial charge in [-0.25, -0.2) is 0 Å². The summed E-state index contributed by atoms with van der Waals surface area (Å²) in [7, 11) is 0. The Bertz CT molecular complexity index is 507. The zero-order valence-electron chi connectivity index (χ0n) is 11.5. The van der Waals surface area contributed by atoms with Crippen molar-refractivity contribution in [1.29, 1.82) is 0 Å². The molecule has 1 aromatic rings. The van der Waals surface area contributed by atoms with Crippen molar-refractivity contribution in [2.75, 3.05) is 6.54 Å². The van der Waals surface area contributed by atoms with Crippen molar-refractivity contribution >= 4 is 27.7 Å². The van der Waals surface area contributed by atoms with Crippen LogP contribution in [-0.4, -0.2) is 24.4 Å². The van der Waals surface area contributed by atoms with E-state index in [0.29, 0.717) is 19.4 Å². The number of carbonyl (C=O) groups is 2. The second-order valence-corrected chi connectivity index (χ2v) is 6.05. The molecule has 1 unspecified atom stereocenters. The number of piperidine rings is 1. The topological polar surface area (TPSA) is 58.2 Å². The molecule has 0 saturated carbocycles. The second kappa shape index (κ2) is 6.88. The van der Waals surface area contributed by atoms with Crippen LogP contribution >= 0.6 is 15.9 Å². The molecule has 108 valence electrons. The quantitative estimate of drug-likeness (QED) is 0.883. The van der Waals surface area contributed by atoms with Crippen molar-refractivity contribution in [3.8, 4) is 0 Å². The molecule has 1 aliphatic rings. The Morgan fingerprint density at radius 3 is 2.95 bits per heavy atom. The van der Waals surface area contributed by atoms with Crippen LogP contribution in [0.25, 0.3) is 0 Å². The molecule has 1 aromatic carbocycles. The van der Waals surface area contributed by atoms with E-state index in [1.165, 1.54) is 5.56 Å². The first-order valence-corrected chi connectivity index (χ1v) is 7.65. The number of carbonyl (C=O) groups excluding carboxylic acids is 2. The molecule has 2 amide bonds. The SMILES string of the molecule is Cc1cc(CCC(=O)NC2CCC(=O)NC2)ccc1Br. The normalized spacial score (nSPS) is 18.5. The van der Waals surface area contributed by atoms with Crippen LogP contribution in [0.1, 0.15) is 30.4 Å². The van der Waals surface area contributed by atoms with Crippen LogP contribution in [0.2, 0.25) is 0 Å². The van der Waals surface area contributed by atoms with Crippen LogP contribution < -0.4 is 10.6 Å². The standard InChI is InChI=1S/C15H19BrN2O2/c1-10-8-11(2-5-13(10)16)3-6-15(20)18-12-4-7-14(19)17-9-12/h2,5,8,12H,3-4,6-7,9H2,1H3,(H,17,19)(H,18,20). The number of hydrogen-bond donors (Lipinski definition) is 2. The third kappa shape index (κ3) is 4.34. The van der Waals surface area contributed by atoms with Gasteiger partial charge in [0.05, 0.1) is 0 Å². The predicted molar refractivity (Wildman–Crippen MR) is 81.4 cm³/mol. The molecule has 0 radical (unpaired) electrons. The summed E-state index contributed by atoms with van der Waals surface area (Å²) >= 11 is 3.47. The Balaban J connectivity index is 1.77. The molecule has 1 atom stereocenters. The van der Waals surface area contributed by atoms with E-state index in [1.807, 2.05) is 19.1 Å². The summed E-state index contributed by atoms with van der Waals surface area (Å²) in [5.74, 6) is 0.118. The maximum Gasteiger partial charge on any atom is 0.220 e. The largest absolute Gasteiger partial charge is 0.354 e. The maximum atomic E-state index is 11.9. The molecule has 0 spiro atoms. The number of rotatable bonds is 4. The van der Waals surface area contributed by atoms with Gasteiger partial charge >= 0.3 is 0 Å². The monoisotopic (exact) mass is 338 g/mol. The Kier molecular flexibility index (Phi) is 5.17. The lowest BCUT2D eigenvalue weighted by molar-refractivity contribution is -0.125. The van der Waals surface area contributed by atoms with Gasteiger partial charge in [0.2, 0.25) is 11.8 Å². The molecule has 1 fully saturated rings. The number of halogens is 1. The lowest BCUT2D eigenvalue weighted by Gasteiger charge is -2.23. The van der Waals surface area contributed by atoms with E-state index in [-0.39, 0.29) is 17.9 Å². The van der Waals surface area contributed by atoms with Crippen LogP contribution in [0.4, 0.5) is 0 Å². The molecule has 5 heteroatoms. The number of amides is 2. The van der Waals surface area contributed by atoms with Crippen LogP contribution in [0, 0.1) is 6.92 Å². The second-order valence-electron chi connectivity index (χ2n) is 5.19. The molecule has 0 bridgehead atoms. The summed E-state index contributed by atoms with van der Waals surface area (Å²) in [6.45, 7) is 2.58. The van der Waals surface area contributed by atoms with E-state index in [4.69, 9.17) is 0 Å². The lowest BCUT2D eigenvalue weighted by atomic mass is 10.1. The molecular formula is C15H19BrN2O2. The summed E-state index contributed by atoms with van der Waals surface area (Å²) in [6, 6.07) is 6.22. The van der Waals surface area contributed by atoms with Gasteiger partial charge in [0.25, 0.3) is 0 Å². The zero-order chi connectivity index (χ0) is 14.5. The highest BCUT2D eigenvalue weighted by molar-refractivity contribution is 9.10. The Hall–Kier alpha value is -1.36. The molecule has 1 saturated heterocycles. The third-order valence-corrected chi connectivity index (χ3v) is 4.38. The van der Waals surface area contributed by atoms with Crippen LogP contribution in [0.3, 0.4) is 0 Å². The highest BCUT2D eigenvalue weighted by Gasteiger charge is 2.19. The summed E-state index contributed by atoms with van der Waals surface area (Å²) in [5, 5.41) is 5.74. The molecule has 4 nitrogen and oxygen atoms in total.